The van der Waals surface area contributed by atoms with Gasteiger partial charge in [0.25, 0.3) is 0 Å². The maximum Gasteiger partial charge on any atom is 0.354 e. The van der Waals surface area contributed by atoms with Crippen molar-refractivity contribution in [2.24, 2.45) is 5.73 Å². The second kappa shape index (κ2) is 4.69. The summed E-state index contributed by atoms with van der Waals surface area (Å²) in [6, 6.07) is 5.67. The molecular formula is C12H13N3O2. The van der Waals surface area contributed by atoms with Gasteiger partial charge < -0.3 is 14.9 Å². The zero-order valence-corrected chi connectivity index (χ0v) is 9.46. The molecule has 0 saturated heterocycles. The van der Waals surface area contributed by atoms with Crippen LogP contribution in [0.15, 0.2) is 36.3 Å². The molecule has 17 heavy (non-hydrogen) atoms. The quantitative estimate of drug-likeness (QED) is 0.636. The third-order valence-corrected chi connectivity index (χ3v) is 2.20. The average Bonchev–Trinajstić information content (AvgIpc) is 2.71. The Labute approximate surface area is 98.5 Å². The lowest BCUT2D eigenvalue weighted by Gasteiger charge is -1.99. The molecule has 0 atom stereocenters. The summed E-state index contributed by atoms with van der Waals surface area (Å²) in [5.41, 5.74) is 7.07. The van der Waals surface area contributed by atoms with E-state index in [2.05, 4.69) is 4.98 Å². The number of fused-ring (bicyclic) bond motifs is 1. The molecule has 0 aliphatic rings. The second-order valence-electron chi connectivity index (χ2n) is 3.45. The molecule has 5 nitrogen and oxygen atoms in total. The molecule has 0 amide bonds. The standard InChI is InChI=1S/C12H13N3O2/c1-2-17-12(16)10(13)7-9-8-15-6-4-3-5-11(15)14-9/h3-8H,2,13H2,1H3/b10-7-. The number of nitrogens with two attached hydrogens (primary N) is 1. The van der Waals surface area contributed by atoms with Crippen LogP contribution in [0, 0.1) is 0 Å². The predicted octanol–water partition coefficient (Wildman–Crippen LogP) is 1.20. The maximum absolute atomic E-state index is 11.3. The van der Waals surface area contributed by atoms with Crippen molar-refractivity contribution in [1.82, 2.24) is 9.38 Å². The van der Waals surface area contributed by atoms with E-state index < -0.39 is 5.97 Å². The van der Waals surface area contributed by atoms with Crippen molar-refractivity contribution in [2.45, 2.75) is 6.92 Å². The van der Waals surface area contributed by atoms with Gasteiger partial charge in [-0.05, 0) is 25.1 Å². The molecular weight excluding hydrogens is 218 g/mol. The van der Waals surface area contributed by atoms with Crippen LogP contribution in [0.4, 0.5) is 0 Å². The fourth-order valence-electron chi connectivity index (χ4n) is 1.46. The average molecular weight is 231 g/mol. The minimum absolute atomic E-state index is 0.0512. The second-order valence-corrected chi connectivity index (χ2v) is 3.45. The first-order valence-electron chi connectivity index (χ1n) is 5.28. The highest BCUT2D eigenvalue weighted by Gasteiger charge is 2.07. The van der Waals surface area contributed by atoms with Gasteiger partial charge >= 0.3 is 5.97 Å². The van der Waals surface area contributed by atoms with Gasteiger partial charge in [0.15, 0.2) is 0 Å². The number of hydrogen-bond donors (Lipinski definition) is 1. The zero-order valence-electron chi connectivity index (χ0n) is 9.46. The molecule has 0 saturated carbocycles. The van der Waals surface area contributed by atoms with E-state index in [1.54, 1.807) is 13.1 Å². The molecule has 0 fully saturated rings. The van der Waals surface area contributed by atoms with Crippen molar-refractivity contribution in [3.63, 3.8) is 0 Å². The number of aromatic nitrogens is 2. The molecule has 2 N–H and O–H groups in total. The van der Waals surface area contributed by atoms with Crippen LogP contribution in [0.5, 0.6) is 0 Å². The molecule has 0 bridgehead atoms. The molecule has 2 heterocycles. The van der Waals surface area contributed by atoms with E-state index in [1.165, 1.54) is 6.08 Å². The third-order valence-electron chi connectivity index (χ3n) is 2.20. The van der Waals surface area contributed by atoms with Gasteiger partial charge in [0, 0.05) is 12.4 Å². The number of pyridine rings is 1. The summed E-state index contributed by atoms with van der Waals surface area (Å²) < 4.78 is 6.63. The zero-order chi connectivity index (χ0) is 12.3. The van der Waals surface area contributed by atoms with Gasteiger partial charge in [-0.2, -0.15) is 0 Å². The van der Waals surface area contributed by atoms with Gasteiger partial charge in [-0.15, -0.1) is 0 Å². The fourth-order valence-corrected chi connectivity index (χ4v) is 1.46. The third kappa shape index (κ3) is 2.44. The monoisotopic (exact) mass is 231 g/mol. The van der Waals surface area contributed by atoms with Crippen molar-refractivity contribution in [3.05, 3.63) is 42.0 Å². The lowest BCUT2D eigenvalue weighted by molar-refractivity contribution is -0.138. The number of nitrogens with zero attached hydrogens (tertiary/aromatic N) is 2. The largest absolute Gasteiger partial charge is 0.461 e. The molecule has 0 spiro atoms. The van der Waals surface area contributed by atoms with E-state index in [9.17, 15) is 4.79 Å². The highest BCUT2D eigenvalue weighted by molar-refractivity contribution is 5.92. The number of esters is 1. The van der Waals surface area contributed by atoms with Crippen LogP contribution in [0.3, 0.4) is 0 Å². The van der Waals surface area contributed by atoms with Crippen molar-refractivity contribution >= 4 is 17.7 Å². The molecule has 0 aromatic carbocycles. The molecule has 5 heteroatoms. The topological polar surface area (TPSA) is 69.6 Å². The predicted molar refractivity (Wildman–Crippen MR) is 64.0 cm³/mol. The first kappa shape index (κ1) is 11.2. The molecule has 88 valence electrons. The Hall–Kier alpha value is -2.30. The molecule has 0 aliphatic heterocycles. The fraction of sp³-hybridized carbons (Fsp3) is 0.167. The number of carbonyl (C=O) groups excluding carboxylic acids is 1. The van der Waals surface area contributed by atoms with Crippen LogP contribution in [0.1, 0.15) is 12.6 Å². The first-order valence-corrected chi connectivity index (χ1v) is 5.28. The molecule has 2 aromatic rings. The summed E-state index contributed by atoms with van der Waals surface area (Å²) in [7, 11) is 0. The van der Waals surface area contributed by atoms with E-state index in [-0.39, 0.29) is 5.70 Å². The summed E-state index contributed by atoms with van der Waals surface area (Å²) in [6.45, 7) is 2.04. The maximum atomic E-state index is 11.3. The summed E-state index contributed by atoms with van der Waals surface area (Å²) in [4.78, 5) is 15.6. The smallest absolute Gasteiger partial charge is 0.354 e. The van der Waals surface area contributed by atoms with Gasteiger partial charge in [0.05, 0.1) is 12.3 Å². The van der Waals surface area contributed by atoms with E-state index in [4.69, 9.17) is 10.5 Å². The van der Waals surface area contributed by atoms with Crippen molar-refractivity contribution < 1.29 is 9.53 Å². The number of ether oxygens (including phenoxy) is 1. The van der Waals surface area contributed by atoms with Crippen molar-refractivity contribution in [1.29, 1.82) is 0 Å². The molecule has 0 unspecified atom stereocenters. The lowest BCUT2D eigenvalue weighted by atomic mass is 10.3. The highest BCUT2D eigenvalue weighted by atomic mass is 16.5. The number of rotatable bonds is 3. The Morgan fingerprint density at radius 2 is 2.41 bits per heavy atom. The van der Waals surface area contributed by atoms with E-state index in [1.807, 2.05) is 28.8 Å². The number of hydrogen-bond acceptors (Lipinski definition) is 4. The van der Waals surface area contributed by atoms with Crippen LogP contribution in [0.25, 0.3) is 11.7 Å². The Bertz CT molecular complexity index is 539. The lowest BCUT2D eigenvalue weighted by Crippen LogP contribution is -2.14. The Morgan fingerprint density at radius 1 is 1.59 bits per heavy atom. The summed E-state index contributed by atoms with van der Waals surface area (Å²) in [5, 5.41) is 0. The highest BCUT2D eigenvalue weighted by Crippen LogP contribution is 2.07. The van der Waals surface area contributed by atoms with Gasteiger partial charge in [0.1, 0.15) is 11.3 Å². The Kier molecular flexibility index (Phi) is 3.09. The van der Waals surface area contributed by atoms with Gasteiger partial charge in [-0.25, -0.2) is 9.78 Å². The van der Waals surface area contributed by atoms with E-state index >= 15 is 0 Å². The normalized spacial score (nSPS) is 11.7. The van der Waals surface area contributed by atoms with Gasteiger partial charge in [0.2, 0.25) is 0 Å². The Morgan fingerprint density at radius 3 is 3.12 bits per heavy atom. The molecule has 2 rings (SSSR count). The first-order chi connectivity index (χ1) is 8.20. The Balaban J connectivity index is 2.28. The van der Waals surface area contributed by atoms with Crippen LogP contribution < -0.4 is 5.73 Å². The van der Waals surface area contributed by atoms with Crippen LogP contribution in [-0.2, 0) is 9.53 Å². The van der Waals surface area contributed by atoms with Crippen molar-refractivity contribution in [2.75, 3.05) is 6.61 Å². The van der Waals surface area contributed by atoms with Crippen LogP contribution >= 0.6 is 0 Å². The van der Waals surface area contributed by atoms with Gasteiger partial charge in [-0.1, -0.05) is 6.07 Å². The molecule has 2 aromatic heterocycles. The van der Waals surface area contributed by atoms with Crippen LogP contribution in [-0.4, -0.2) is 22.0 Å². The van der Waals surface area contributed by atoms with Crippen molar-refractivity contribution in [3.8, 4) is 0 Å². The molecule has 0 aliphatic carbocycles. The van der Waals surface area contributed by atoms with Gasteiger partial charge in [-0.3, -0.25) is 0 Å². The minimum Gasteiger partial charge on any atom is -0.461 e. The summed E-state index contributed by atoms with van der Waals surface area (Å²) in [6.07, 6.45) is 5.17. The summed E-state index contributed by atoms with van der Waals surface area (Å²) >= 11 is 0. The number of carbonyl (C=O) groups is 1. The minimum atomic E-state index is -0.524. The summed E-state index contributed by atoms with van der Waals surface area (Å²) in [5.74, 6) is -0.524. The number of imidazole rings is 1. The van der Waals surface area contributed by atoms with E-state index in [0.29, 0.717) is 12.3 Å². The molecule has 0 radical (unpaired) electrons. The van der Waals surface area contributed by atoms with E-state index in [0.717, 1.165) is 5.65 Å². The van der Waals surface area contributed by atoms with Crippen LogP contribution in [0.2, 0.25) is 0 Å². The SMILES string of the molecule is CCOC(=O)/C(N)=C/c1cn2ccccc2n1.